The average molecular weight is 308 g/mol. The van der Waals surface area contributed by atoms with E-state index >= 15 is 0 Å². The third-order valence-corrected chi connectivity index (χ3v) is 6.49. The van der Waals surface area contributed by atoms with E-state index in [2.05, 4.69) is 5.32 Å². The van der Waals surface area contributed by atoms with E-state index in [0.717, 1.165) is 37.8 Å². The van der Waals surface area contributed by atoms with Gasteiger partial charge in [-0.25, -0.2) is 8.42 Å². The number of hydrogen-bond acceptors (Lipinski definition) is 3. The summed E-state index contributed by atoms with van der Waals surface area (Å²) in [5, 5.41) is 3.43. The number of sulfonamides is 1. The van der Waals surface area contributed by atoms with Crippen molar-refractivity contribution in [3.8, 4) is 0 Å². The topological polar surface area (TPSA) is 49.4 Å². The highest BCUT2D eigenvalue weighted by Crippen LogP contribution is 2.27. The van der Waals surface area contributed by atoms with E-state index in [9.17, 15) is 8.42 Å². The SMILES string of the molecule is CN(C1CCCC1)S(=O)(=O)c1cccc(CNC2CC2)c1. The number of nitrogens with zero attached hydrogens (tertiary/aromatic N) is 1. The van der Waals surface area contributed by atoms with Crippen LogP contribution in [0.2, 0.25) is 0 Å². The molecule has 1 aromatic carbocycles. The van der Waals surface area contributed by atoms with Gasteiger partial charge >= 0.3 is 0 Å². The summed E-state index contributed by atoms with van der Waals surface area (Å²) in [5.41, 5.74) is 1.04. The van der Waals surface area contributed by atoms with Gasteiger partial charge in [-0.2, -0.15) is 4.31 Å². The van der Waals surface area contributed by atoms with Gasteiger partial charge in [0.1, 0.15) is 0 Å². The highest BCUT2D eigenvalue weighted by Gasteiger charge is 2.30. The predicted molar refractivity (Wildman–Crippen MR) is 83.5 cm³/mol. The predicted octanol–water partition coefficient (Wildman–Crippen LogP) is 2.50. The number of nitrogens with one attached hydrogen (secondary N) is 1. The monoisotopic (exact) mass is 308 g/mol. The highest BCUT2D eigenvalue weighted by atomic mass is 32.2. The number of benzene rings is 1. The van der Waals surface area contributed by atoms with Crippen LogP contribution in [0.15, 0.2) is 29.2 Å². The van der Waals surface area contributed by atoms with E-state index in [1.807, 2.05) is 18.2 Å². The van der Waals surface area contributed by atoms with Crippen molar-refractivity contribution in [3.63, 3.8) is 0 Å². The molecule has 21 heavy (non-hydrogen) atoms. The quantitative estimate of drug-likeness (QED) is 0.878. The summed E-state index contributed by atoms with van der Waals surface area (Å²) in [6, 6.07) is 8.16. The van der Waals surface area contributed by atoms with Crippen LogP contribution in [0.4, 0.5) is 0 Å². The first-order valence-corrected chi connectivity index (χ1v) is 9.32. The van der Waals surface area contributed by atoms with Crippen LogP contribution in [0, 0.1) is 0 Å². The lowest BCUT2D eigenvalue weighted by Crippen LogP contribution is -2.35. The number of hydrogen-bond donors (Lipinski definition) is 1. The van der Waals surface area contributed by atoms with Gasteiger partial charge in [-0.1, -0.05) is 25.0 Å². The molecule has 0 amide bonds. The molecule has 2 aliphatic rings. The zero-order valence-corrected chi connectivity index (χ0v) is 13.4. The van der Waals surface area contributed by atoms with E-state index in [1.165, 1.54) is 12.8 Å². The van der Waals surface area contributed by atoms with Crippen molar-refractivity contribution in [1.82, 2.24) is 9.62 Å². The molecule has 4 nitrogen and oxygen atoms in total. The summed E-state index contributed by atoms with van der Waals surface area (Å²) in [6.07, 6.45) is 6.72. The summed E-state index contributed by atoms with van der Waals surface area (Å²) < 4.78 is 27.0. The van der Waals surface area contributed by atoms with Crippen molar-refractivity contribution in [3.05, 3.63) is 29.8 Å². The minimum absolute atomic E-state index is 0.170. The van der Waals surface area contributed by atoms with Crippen LogP contribution in [0.3, 0.4) is 0 Å². The molecule has 0 atom stereocenters. The van der Waals surface area contributed by atoms with Gasteiger partial charge in [0.15, 0.2) is 0 Å². The van der Waals surface area contributed by atoms with Crippen molar-refractivity contribution < 1.29 is 8.42 Å². The lowest BCUT2D eigenvalue weighted by atomic mass is 10.2. The fraction of sp³-hybridized carbons (Fsp3) is 0.625. The zero-order chi connectivity index (χ0) is 14.9. The van der Waals surface area contributed by atoms with Crippen molar-refractivity contribution in [2.24, 2.45) is 0 Å². The van der Waals surface area contributed by atoms with E-state index in [-0.39, 0.29) is 6.04 Å². The van der Waals surface area contributed by atoms with Gasteiger partial charge in [-0.05, 0) is 43.4 Å². The smallest absolute Gasteiger partial charge is 0.243 e. The normalized spacial score (nSPS) is 20.3. The Labute approximate surface area is 127 Å². The van der Waals surface area contributed by atoms with E-state index < -0.39 is 10.0 Å². The first kappa shape index (κ1) is 15.0. The molecule has 116 valence electrons. The molecule has 3 rings (SSSR count). The largest absolute Gasteiger partial charge is 0.310 e. The Morgan fingerprint density at radius 2 is 1.90 bits per heavy atom. The van der Waals surface area contributed by atoms with E-state index in [0.29, 0.717) is 10.9 Å². The van der Waals surface area contributed by atoms with Crippen LogP contribution in [0.25, 0.3) is 0 Å². The molecule has 0 unspecified atom stereocenters. The molecule has 0 radical (unpaired) electrons. The summed E-state index contributed by atoms with van der Waals surface area (Å²) in [7, 11) is -1.64. The molecule has 0 saturated heterocycles. The lowest BCUT2D eigenvalue weighted by Gasteiger charge is -2.23. The molecule has 0 aliphatic heterocycles. The molecule has 0 heterocycles. The second kappa shape index (κ2) is 6.07. The van der Waals surface area contributed by atoms with Crippen LogP contribution in [0.5, 0.6) is 0 Å². The van der Waals surface area contributed by atoms with Crippen LogP contribution >= 0.6 is 0 Å². The highest BCUT2D eigenvalue weighted by molar-refractivity contribution is 7.89. The Kier molecular flexibility index (Phi) is 4.33. The third kappa shape index (κ3) is 3.47. The molecule has 0 spiro atoms. The summed E-state index contributed by atoms with van der Waals surface area (Å²) in [5.74, 6) is 0. The van der Waals surface area contributed by atoms with Gasteiger partial charge < -0.3 is 5.32 Å². The van der Waals surface area contributed by atoms with Crippen molar-refractivity contribution in [2.75, 3.05) is 7.05 Å². The lowest BCUT2D eigenvalue weighted by molar-refractivity contribution is 0.373. The molecular weight excluding hydrogens is 284 g/mol. The molecule has 2 fully saturated rings. The maximum atomic E-state index is 12.7. The zero-order valence-electron chi connectivity index (χ0n) is 12.6. The fourth-order valence-corrected chi connectivity index (χ4v) is 4.48. The molecule has 2 aliphatic carbocycles. The molecular formula is C16H24N2O2S. The molecule has 1 aromatic rings. The van der Waals surface area contributed by atoms with E-state index in [4.69, 9.17) is 0 Å². The van der Waals surface area contributed by atoms with Crippen molar-refractivity contribution in [1.29, 1.82) is 0 Å². The van der Waals surface area contributed by atoms with Crippen LogP contribution in [0.1, 0.15) is 44.1 Å². The van der Waals surface area contributed by atoms with Crippen LogP contribution < -0.4 is 5.32 Å². The van der Waals surface area contributed by atoms with Gasteiger partial charge in [0.25, 0.3) is 0 Å². The standard InChI is InChI=1S/C16H24N2O2S/c1-18(15-6-2-3-7-15)21(19,20)16-8-4-5-13(11-16)12-17-14-9-10-14/h4-5,8,11,14-15,17H,2-3,6-7,9-10,12H2,1H3. The average Bonchev–Trinajstić information content (AvgIpc) is 3.16. The van der Waals surface area contributed by atoms with E-state index in [1.54, 1.807) is 17.4 Å². The Morgan fingerprint density at radius 3 is 2.57 bits per heavy atom. The second-order valence-corrected chi connectivity index (χ2v) is 8.26. The van der Waals surface area contributed by atoms with Gasteiger partial charge in [0.05, 0.1) is 4.90 Å². The van der Waals surface area contributed by atoms with Crippen molar-refractivity contribution >= 4 is 10.0 Å². The first-order chi connectivity index (χ1) is 10.1. The molecule has 5 heteroatoms. The second-order valence-electron chi connectivity index (χ2n) is 6.26. The van der Waals surface area contributed by atoms with Gasteiger partial charge in [-0.3, -0.25) is 0 Å². The summed E-state index contributed by atoms with van der Waals surface area (Å²) in [4.78, 5) is 0.423. The Balaban J connectivity index is 1.75. The Hall–Kier alpha value is -0.910. The van der Waals surface area contributed by atoms with Crippen LogP contribution in [-0.4, -0.2) is 31.9 Å². The molecule has 1 N–H and O–H groups in total. The maximum absolute atomic E-state index is 12.7. The Bertz CT molecular complexity index is 590. The first-order valence-electron chi connectivity index (χ1n) is 7.88. The molecule has 0 bridgehead atoms. The minimum atomic E-state index is -3.36. The molecule has 2 saturated carbocycles. The van der Waals surface area contributed by atoms with Gasteiger partial charge in [0, 0.05) is 25.7 Å². The Morgan fingerprint density at radius 1 is 1.19 bits per heavy atom. The molecule has 0 aromatic heterocycles. The van der Waals surface area contributed by atoms with Crippen LogP contribution in [-0.2, 0) is 16.6 Å². The minimum Gasteiger partial charge on any atom is -0.310 e. The third-order valence-electron chi connectivity index (χ3n) is 4.59. The van der Waals surface area contributed by atoms with Gasteiger partial charge in [-0.15, -0.1) is 0 Å². The summed E-state index contributed by atoms with van der Waals surface area (Å²) >= 11 is 0. The van der Waals surface area contributed by atoms with Gasteiger partial charge in [0.2, 0.25) is 10.0 Å². The maximum Gasteiger partial charge on any atom is 0.243 e. The van der Waals surface area contributed by atoms with Crippen molar-refractivity contribution in [2.45, 2.75) is 62.0 Å². The summed E-state index contributed by atoms with van der Waals surface area (Å²) in [6.45, 7) is 0.751. The number of rotatable bonds is 6. The fourth-order valence-electron chi connectivity index (χ4n) is 3.00.